The lowest BCUT2D eigenvalue weighted by atomic mass is 9.95. The number of likely N-dealkylation sites (tertiary alicyclic amines) is 1. The highest BCUT2D eigenvalue weighted by atomic mass is 19.1. The van der Waals surface area contributed by atoms with Crippen molar-refractivity contribution in [3.63, 3.8) is 0 Å². The average molecular weight is 360 g/mol. The Balaban J connectivity index is 1.61. The molecule has 2 heterocycles. The molecule has 1 aromatic carbocycles. The number of hydrogen-bond acceptors (Lipinski definition) is 4. The topological polar surface area (TPSA) is 73.7 Å². The number of aliphatic hydroxyl groups is 2. The van der Waals surface area contributed by atoms with E-state index in [1.165, 1.54) is 4.90 Å². The van der Waals surface area contributed by atoms with E-state index in [0.29, 0.717) is 6.07 Å². The highest BCUT2D eigenvalue weighted by Crippen LogP contribution is 2.68. The summed E-state index contributed by atoms with van der Waals surface area (Å²) in [6.07, 6.45) is -0.0451. The van der Waals surface area contributed by atoms with E-state index in [4.69, 9.17) is 0 Å². The molecular weight excluding hydrogens is 342 g/mol. The molecule has 0 bridgehead atoms. The van der Waals surface area contributed by atoms with Crippen molar-refractivity contribution in [2.45, 2.75) is 12.0 Å². The first-order valence-electron chi connectivity index (χ1n) is 8.43. The monoisotopic (exact) mass is 360 g/mol. The van der Waals surface area contributed by atoms with Crippen molar-refractivity contribution < 1.29 is 23.8 Å². The summed E-state index contributed by atoms with van der Waals surface area (Å²) in [6, 6.07) is 10.1. The third-order valence-corrected chi connectivity index (χ3v) is 5.69. The third kappa shape index (κ3) is 2.42. The molecule has 1 aliphatic carbocycles. The van der Waals surface area contributed by atoms with Crippen LogP contribution in [0.25, 0.3) is 0 Å². The quantitative estimate of drug-likeness (QED) is 0.872. The van der Waals surface area contributed by atoms with E-state index < -0.39 is 34.8 Å². The third-order valence-electron chi connectivity index (χ3n) is 5.69. The largest absolute Gasteiger partial charge is 0.396 e. The van der Waals surface area contributed by atoms with Crippen LogP contribution in [0.2, 0.25) is 0 Å². The first-order valence-corrected chi connectivity index (χ1v) is 8.43. The molecule has 4 atom stereocenters. The van der Waals surface area contributed by atoms with Gasteiger partial charge in [-0.1, -0.05) is 30.3 Å². The number of aromatic nitrogens is 1. The molecule has 4 rings (SSSR count). The summed E-state index contributed by atoms with van der Waals surface area (Å²) in [4.78, 5) is 17.5. The van der Waals surface area contributed by atoms with Gasteiger partial charge in [0.2, 0.25) is 0 Å². The van der Waals surface area contributed by atoms with Crippen molar-refractivity contribution in [1.29, 1.82) is 0 Å². The molecule has 26 heavy (non-hydrogen) atoms. The number of hydrogen-bond donors (Lipinski definition) is 2. The molecule has 1 spiro atoms. The van der Waals surface area contributed by atoms with E-state index in [0.717, 1.165) is 11.8 Å². The van der Waals surface area contributed by atoms with Crippen LogP contribution in [0, 0.1) is 23.0 Å². The van der Waals surface area contributed by atoms with Gasteiger partial charge in [-0.2, -0.15) is 0 Å². The van der Waals surface area contributed by atoms with E-state index in [2.05, 4.69) is 4.98 Å². The van der Waals surface area contributed by atoms with Gasteiger partial charge in [0.25, 0.3) is 5.91 Å². The molecule has 7 heteroatoms. The van der Waals surface area contributed by atoms with Crippen LogP contribution in [0.1, 0.15) is 22.0 Å². The van der Waals surface area contributed by atoms with Gasteiger partial charge in [-0.05, 0) is 17.4 Å². The normalized spacial score (nSPS) is 30.0. The zero-order valence-corrected chi connectivity index (χ0v) is 13.8. The highest BCUT2D eigenvalue weighted by Gasteiger charge is 2.71. The molecule has 2 aliphatic rings. The smallest absolute Gasteiger partial charge is 0.275 e. The van der Waals surface area contributed by atoms with Gasteiger partial charge in [0.15, 0.2) is 11.5 Å². The van der Waals surface area contributed by atoms with E-state index in [1.807, 2.05) is 30.3 Å². The Morgan fingerprint density at radius 3 is 2.69 bits per heavy atom. The number of rotatable bonds is 3. The molecule has 5 nitrogen and oxygen atoms in total. The lowest BCUT2D eigenvalue weighted by Crippen LogP contribution is -2.31. The Kier molecular flexibility index (Phi) is 4.00. The molecule has 1 aromatic heterocycles. The number of nitrogens with zero attached hydrogens (tertiary/aromatic N) is 2. The number of amides is 1. The van der Waals surface area contributed by atoms with Crippen molar-refractivity contribution in [3.8, 4) is 0 Å². The summed E-state index contributed by atoms with van der Waals surface area (Å²) in [5.74, 6) is -2.83. The van der Waals surface area contributed by atoms with Crippen molar-refractivity contribution in [2.75, 3.05) is 19.7 Å². The Hall–Kier alpha value is -2.38. The highest BCUT2D eigenvalue weighted by molar-refractivity contribution is 5.93. The standard InChI is InChI=1S/C19H18F2N2O3/c20-12-6-14(21)17(22-7-12)18(26)23-8-15(25)19(10-23)13(9-24)16(19)11-4-2-1-3-5-11/h1-7,13,15-16,24-25H,8-10H2/t13-,15-,16-,19-/m1/s1. The van der Waals surface area contributed by atoms with E-state index in [9.17, 15) is 23.8 Å². The Bertz CT molecular complexity index is 848. The maximum atomic E-state index is 13.9. The van der Waals surface area contributed by atoms with Gasteiger partial charge >= 0.3 is 0 Å². The van der Waals surface area contributed by atoms with Gasteiger partial charge in [-0.3, -0.25) is 4.79 Å². The minimum atomic E-state index is -1.03. The predicted octanol–water partition coefficient (Wildman–Crippen LogP) is 1.57. The SMILES string of the molecule is O=C(c1ncc(F)cc1F)N1C[C@@H](O)[C@@]2(C1)[C@H](CO)[C@H]2c1ccccc1. The fourth-order valence-corrected chi connectivity index (χ4v) is 4.44. The van der Waals surface area contributed by atoms with E-state index in [1.54, 1.807) is 0 Å². The van der Waals surface area contributed by atoms with Gasteiger partial charge in [0.05, 0.1) is 12.3 Å². The van der Waals surface area contributed by atoms with Crippen molar-refractivity contribution in [3.05, 3.63) is 65.5 Å². The number of β-amino-alcohol motifs (C(OH)–C–C–N with tert-alkyl or cyclic N) is 1. The lowest BCUT2D eigenvalue weighted by Gasteiger charge is -2.16. The van der Waals surface area contributed by atoms with Crippen LogP contribution in [0.3, 0.4) is 0 Å². The summed E-state index contributed by atoms with van der Waals surface area (Å²) in [5.41, 5.74) is -0.124. The number of benzene rings is 1. The molecule has 0 radical (unpaired) electrons. The van der Waals surface area contributed by atoms with Crippen molar-refractivity contribution in [2.24, 2.45) is 11.3 Å². The van der Waals surface area contributed by atoms with E-state index in [-0.39, 0.29) is 31.5 Å². The zero-order valence-electron chi connectivity index (χ0n) is 13.8. The first-order chi connectivity index (χ1) is 12.5. The summed E-state index contributed by atoms with van der Waals surface area (Å²) in [5, 5.41) is 20.4. The maximum Gasteiger partial charge on any atom is 0.275 e. The van der Waals surface area contributed by atoms with Crippen LogP contribution in [-0.2, 0) is 0 Å². The number of carbonyl (C=O) groups is 1. The molecule has 1 aliphatic heterocycles. The molecule has 136 valence electrons. The average Bonchev–Trinajstić information content (AvgIpc) is 3.16. The molecule has 2 aromatic rings. The van der Waals surface area contributed by atoms with Gasteiger partial charge < -0.3 is 15.1 Å². The fourth-order valence-electron chi connectivity index (χ4n) is 4.44. The van der Waals surface area contributed by atoms with Crippen LogP contribution in [-0.4, -0.2) is 51.8 Å². The second kappa shape index (κ2) is 6.10. The molecule has 1 saturated carbocycles. The summed E-state index contributed by atoms with van der Waals surface area (Å²) < 4.78 is 26.9. The van der Waals surface area contributed by atoms with Crippen LogP contribution in [0.15, 0.2) is 42.6 Å². The first kappa shape index (κ1) is 17.1. The minimum Gasteiger partial charge on any atom is -0.396 e. The van der Waals surface area contributed by atoms with Crippen LogP contribution in [0.5, 0.6) is 0 Å². The summed E-state index contributed by atoms with van der Waals surface area (Å²) >= 11 is 0. The van der Waals surface area contributed by atoms with Crippen LogP contribution in [0.4, 0.5) is 8.78 Å². The second-order valence-corrected chi connectivity index (χ2v) is 6.98. The predicted molar refractivity (Wildman–Crippen MR) is 88.3 cm³/mol. The molecule has 1 saturated heterocycles. The van der Waals surface area contributed by atoms with E-state index >= 15 is 0 Å². The zero-order chi connectivity index (χ0) is 18.5. The summed E-state index contributed by atoms with van der Waals surface area (Å²) in [7, 11) is 0. The fraction of sp³-hybridized carbons (Fsp3) is 0.368. The van der Waals surface area contributed by atoms with Crippen molar-refractivity contribution >= 4 is 5.91 Å². The van der Waals surface area contributed by atoms with Gasteiger partial charge in [0, 0.05) is 31.2 Å². The molecular formula is C19H18F2N2O3. The van der Waals surface area contributed by atoms with Crippen molar-refractivity contribution in [1.82, 2.24) is 9.88 Å². The van der Waals surface area contributed by atoms with Gasteiger partial charge in [0.1, 0.15) is 5.82 Å². The summed E-state index contributed by atoms with van der Waals surface area (Å²) in [6.45, 7) is 0.106. The minimum absolute atomic E-state index is 0.0250. The Labute approximate surface area is 148 Å². The molecule has 2 fully saturated rings. The second-order valence-electron chi connectivity index (χ2n) is 6.98. The number of pyridine rings is 1. The maximum absolute atomic E-state index is 13.9. The lowest BCUT2D eigenvalue weighted by molar-refractivity contribution is 0.0753. The number of carbonyl (C=O) groups excluding carboxylic acids is 1. The Morgan fingerprint density at radius 1 is 1.31 bits per heavy atom. The van der Waals surface area contributed by atoms with Crippen LogP contribution < -0.4 is 0 Å². The van der Waals surface area contributed by atoms with Gasteiger partial charge in [-0.25, -0.2) is 13.8 Å². The number of aliphatic hydroxyl groups excluding tert-OH is 2. The Morgan fingerprint density at radius 2 is 2.04 bits per heavy atom. The van der Waals surface area contributed by atoms with Gasteiger partial charge in [-0.15, -0.1) is 0 Å². The molecule has 1 amide bonds. The molecule has 0 unspecified atom stereocenters. The van der Waals surface area contributed by atoms with Crippen LogP contribution >= 0.6 is 0 Å². The molecule has 2 N–H and O–H groups in total. The number of halogens is 2.